The molecule has 3 nitrogen and oxygen atoms in total. The number of hydrogen-bond acceptors (Lipinski definition) is 3. The third-order valence-electron chi connectivity index (χ3n) is 5.74. The van der Waals surface area contributed by atoms with Gasteiger partial charge in [-0.05, 0) is 54.8 Å². The fourth-order valence-corrected chi connectivity index (χ4v) is 4.55. The van der Waals surface area contributed by atoms with Gasteiger partial charge in [0.1, 0.15) is 0 Å². The molecule has 3 heteroatoms. The van der Waals surface area contributed by atoms with Gasteiger partial charge >= 0.3 is 5.97 Å². The summed E-state index contributed by atoms with van der Waals surface area (Å²) in [4.78, 5) is 12.8. The van der Waals surface area contributed by atoms with Gasteiger partial charge < -0.3 is 9.47 Å². The largest absolute Gasteiger partial charge is 0.435 e. The van der Waals surface area contributed by atoms with E-state index in [0.29, 0.717) is 18.4 Å². The van der Waals surface area contributed by atoms with Crippen molar-refractivity contribution in [2.75, 3.05) is 6.61 Å². The lowest BCUT2D eigenvalue weighted by molar-refractivity contribution is -0.207. The lowest BCUT2D eigenvalue weighted by atomic mass is 9.83. The zero-order valence-electron chi connectivity index (χ0n) is 17.6. The van der Waals surface area contributed by atoms with Crippen LogP contribution >= 0.6 is 0 Å². The van der Waals surface area contributed by atoms with Crippen LogP contribution in [0.2, 0.25) is 0 Å². The van der Waals surface area contributed by atoms with Crippen LogP contribution in [0.4, 0.5) is 0 Å². The van der Waals surface area contributed by atoms with Gasteiger partial charge in [0.05, 0.1) is 12.5 Å². The van der Waals surface area contributed by atoms with E-state index < -0.39 is 0 Å². The van der Waals surface area contributed by atoms with Crippen LogP contribution < -0.4 is 0 Å². The number of carbonyl (C=O) groups is 1. The van der Waals surface area contributed by atoms with Gasteiger partial charge in [-0.3, -0.25) is 4.79 Å². The van der Waals surface area contributed by atoms with Gasteiger partial charge in [0.25, 0.3) is 0 Å². The highest BCUT2D eigenvalue weighted by Crippen LogP contribution is 2.50. The quantitative estimate of drug-likeness (QED) is 0.428. The van der Waals surface area contributed by atoms with Crippen molar-refractivity contribution in [3.63, 3.8) is 0 Å². The van der Waals surface area contributed by atoms with Crippen LogP contribution in [-0.2, 0) is 14.3 Å². The molecular formula is C22H40O3. The molecule has 0 heterocycles. The van der Waals surface area contributed by atoms with Crippen molar-refractivity contribution >= 4 is 5.97 Å². The predicted octanol–water partition coefficient (Wildman–Crippen LogP) is 5.82. The fraction of sp³-hybridized carbons (Fsp3) is 0.955. The number of carbonyl (C=O) groups excluding carboxylic acids is 1. The topological polar surface area (TPSA) is 35.5 Å². The van der Waals surface area contributed by atoms with Gasteiger partial charge in [-0.2, -0.15) is 0 Å². The highest BCUT2D eigenvalue weighted by atomic mass is 16.7. The Hall–Kier alpha value is -0.570. The average Bonchev–Trinajstić information content (AvgIpc) is 3.09. The first-order valence-electron chi connectivity index (χ1n) is 10.3. The zero-order valence-corrected chi connectivity index (χ0v) is 17.6. The van der Waals surface area contributed by atoms with E-state index in [2.05, 4.69) is 48.5 Å². The first kappa shape index (κ1) is 20.7. The molecule has 146 valence electrons. The minimum absolute atomic E-state index is 0.0284. The molecule has 0 amide bonds. The standard InChI is InChI=1S/C22H40O3/c1-8-16(13-21(2,3)4)19(23)25-20(24-14-22(5,6)7)18-12-15-9-10-17(18)11-15/h15-18,20H,8-14H2,1-7H3. The van der Waals surface area contributed by atoms with E-state index in [1.165, 1.54) is 25.7 Å². The predicted molar refractivity (Wildman–Crippen MR) is 102 cm³/mol. The first-order chi connectivity index (χ1) is 11.5. The molecule has 2 rings (SSSR count). The summed E-state index contributed by atoms with van der Waals surface area (Å²) in [6.45, 7) is 15.8. The summed E-state index contributed by atoms with van der Waals surface area (Å²) in [6.07, 6.45) is 6.45. The van der Waals surface area contributed by atoms with Crippen molar-refractivity contribution in [1.82, 2.24) is 0 Å². The van der Waals surface area contributed by atoms with Crippen LogP contribution in [-0.4, -0.2) is 18.9 Å². The maximum Gasteiger partial charge on any atom is 0.311 e. The van der Waals surface area contributed by atoms with Gasteiger partial charge in [0, 0.05) is 5.92 Å². The van der Waals surface area contributed by atoms with Crippen LogP contribution in [0.5, 0.6) is 0 Å². The Morgan fingerprint density at radius 3 is 2.16 bits per heavy atom. The van der Waals surface area contributed by atoms with Crippen LogP contribution in [0.15, 0.2) is 0 Å². The van der Waals surface area contributed by atoms with Gasteiger partial charge in [-0.25, -0.2) is 0 Å². The first-order valence-corrected chi connectivity index (χ1v) is 10.3. The Morgan fingerprint density at radius 1 is 1.04 bits per heavy atom. The molecule has 5 atom stereocenters. The molecule has 0 spiro atoms. The van der Waals surface area contributed by atoms with Crippen LogP contribution in [0.3, 0.4) is 0 Å². The monoisotopic (exact) mass is 352 g/mol. The normalized spacial score (nSPS) is 28.8. The summed E-state index contributed by atoms with van der Waals surface area (Å²) < 4.78 is 12.2. The van der Waals surface area contributed by atoms with Crippen LogP contribution in [0.1, 0.15) is 87.0 Å². The fourth-order valence-electron chi connectivity index (χ4n) is 4.55. The lowest BCUT2D eigenvalue weighted by Gasteiger charge is -2.33. The summed E-state index contributed by atoms with van der Waals surface area (Å²) in [7, 11) is 0. The molecule has 0 N–H and O–H groups in total. The van der Waals surface area contributed by atoms with Crippen molar-refractivity contribution in [3.8, 4) is 0 Å². The molecule has 0 aromatic heterocycles. The second-order valence-electron chi connectivity index (χ2n) is 10.9. The van der Waals surface area contributed by atoms with E-state index in [1.807, 2.05) is 0 Å². The Kier molecular flexibility index (Phi) is 6.62. The Balaban J connectivity index is 2.02. The molecule has 0 saturated heterocycles. The number of esters is 1. The second kappa shape index (κ2) is 7.98. The van der Waals surface area contributed by atoms with Gasteiger partial charge in [0.2, 0.25) is 6.29 Å². The molecule has 0 aromatic rings. The molecule has 0 aliphatic heterocycles. The lowest BCUT2D eigenvalue weighted by Crippen LogP contribution is -2.37. The van der Waals surface area contributed by atoms with E-state index in [9.17, 15) is 4.79 Å². The number of rotatable bonds is 7. The molecule has 2 saturated carbocycles. The number of hydrogen-bond donors (Lipinski definition) is 0. The van der Waals surface area contributed by atoms with Crippen LogP contribution in [0, 0.1) is 34.5 Å². The van der Waals surface area contributed by atoms with E-state index in [1.54, 1.807) is 0 Å². The van der Waals surface area contributed by atoms with Crippen molar-refractivity contribution < 1.29 is 14.3 Å². The minimum atomic E-state index is -0.351. The molecule has 2 aliphatic rings. The zero-order chi connectivity index (χ0) is 18.8. The Bertz CT molecular complexity index is 443. The van der Waals surface area contributed by atoms with Crippen molar-refractivity contribution in [1.29, 1.82) is 0 Å². The van der Waals surface area contributed by atoms with Gasteiger partial charge in [-0.15, -0.1) is 0 Å². The third kappa shape index (κ3) is 6.27. The third-order valence-corrected chi connectivity index (χ3v) is 5.74. The number of fused-ring (bicyclic) bond motifs is 2. The number of ether oxygens (including phenoxy) is 2. The molecule has 5 unspecified atom stereocenters. The van der Waals surface area contributed by atoms with E-state index in [0.717, 1.165) is 18.8 Å². The second-order valence-corrected chi connectivity index (χ2v) is 10.9. The van der Waals surface area contributed by atoms with Crippen molar-refractivity contribution in [2.24, 2.45) is 34.5 Å². The molecular weight excluding hydrogens is 312 g/mol. The van der Waals surface area contributed by atoms with E-state index >= 15 is 0 Å². The highest BCUT2D eigenvalue weighted by molar-refractivity contribution is 5.72. The molecule has 0 aromatic carbocycles. The van der Waals surface area contributed by atoms with Crippen LogP contribution in [0.25, 0.3) is 0 Å². The molecule has 0 radical (unpaired) electrons. The smallest absolute Gasteiger partial charge is 0.311 e. The highest BCUT2D eigenvalue weighted by Gasteiger charge is 2.45. The molecule has 2 aliphatic carbocycles. The average molecular weight is 353 g/mol. The summed E-state index contributed by atoms with van der Waals surface area (Å²) in [5.74, 6) is 1.83. The van der Waals surface area contributed by atoms with Gasteiger partial charge in [0.15, 0.2) is 0 Å². The van der Waals surface area contributed by atoms with Gasteiger partial charge in [-0.1, -0.05) is 54.9 Å². The maximum atomic E-state index is 12.8. The van der Waals surface area contributed by atoms with Crippen molar-refractivity contribution in [2.45, 2.75) is 93.3 Å². The summed E-state index contributed by atoms with van der Waals surface area (Å²) in [6, 6.07) is 0. The minimum Gasteiger partial charge on any atom is -0.435 e. The Morgan fingerprint density at radius 2 is 1.72 bits per heavy atom. The molecule has 25 heavy (non-hydrogen) atoms. The SMILES string of the molecule is CCC(CC(C)(C)C)C(=O)OC(OCC(C)(C)C)C1CC2CCC1C2. The van der Waals surface area contributed by atoms with Crippen molar-refractivity contribution in [3.05, 3.63) is 0 Å². The van der Waals surface area contributed by atoms with E-state index in [4.69, 9.17) is 9.47 Å². The van der Waals surface area contributed by atoms with E-state index in [-0.39, 0.29) is 29.0 Å². The molecule has 2 fully saturated rings. The Labute approximate surface area is 155 Å². The maximum absolute atomic E-state index is 12.8. The summed E-state index contributed by atoms with van der Waals surface area (Å²) >= 11 is 0. The summed E-state index contributed by atoms with van der Waals surface area (Å²) in [5.41, 5.74) is 0.214. The molecule has 2 bridgehead atoms. The summed E-state index contributed by atoms with van der Waals surface area (Å²) in [5, 5.41) is 0.